The van der Waals surface area contributed by atoms with Crippen LogP contribution in [0.15, 0.2) is 55.1 Å². The zero-order chi connectivity index (χ0) is 28.5. The zero-order valence-corrected chi connectivity index (χ0v) is 22.6. The lowest BCUT2D eigenvalue weighted by molar-refractivity contribution is -0.138. The van der Waals surface area contributed by atoms with Crippen LogP contribution in [0.2, 0.25) is 0 Å². The Bertz CT molecular complexity index is 1260. The van der Waals surface area contributed by atoms with E-state index in [-0.39, 0.29) is 38.0 Å². The number of ether oxygens (including phenoxy) is 4. The maximum Gasteiger partial charge on any atom is 0.248 e. The first-order chi connectivity index (χ1) is 19.3. The number of halogens is 2. The maximum atomic E-state index is 13.7. The number of carbonyl (C=O) groups excluding carboxylic acids is 1. The molecule has 1 amide bonds. The molecule has 1 N–H and O–H groups in total. The van der Waals surface area contributed by atoms with Gasteiger partial charge in [-0.1, -0.05) is 6.07 Å². The lowest BCUT2D eigenvalue weighted by atomic mass is 10.0. The number of methoxy groups -OCH3 is 2. The summed E-state index contributed by atoms with van der Waals surface area (Å²) in [6.07, 6.45) is 5.29. The lowest BCUT2D eigenvalue weighted by Gasteiger charge is -2.33. The molecule has 1 fully saturated rings. The Hall–Kier alpha value is -3.74. The minimum atomic E-state index is -1.49. The predicted octanol–water partition coefficient (Wildman–Crippen LogP) is 2.35. The smallest absolute Gasteiger partial charge is 0.248 e. The molecule has 2 heterocycles. The van der Waals surface area contributed by atoms with Gasteiger partial charge < -0.3 is 33.5 Å². The lowest BCUT2D eigenvalue weighted by Crippen LogP contribution is -2.52. The average Bonchev–Trinajstić information content (AvgIpc) is 3.40. The van der Waals surface area contributed by atoms with E-state index in [4.69, 9.17) is 18.9 Å². The second-order valence-corrected chi connectivity index (χ2v) is 9.68. The number of aromatic nitrogens is 2. The molecule has 1 saturated heterocycles. The summed E-state index contributed by atoms with van der Waals surface area (Å²) in [5.74, 6) is -1.05. The molecule has 1 aliphatic rings. The van der Waals surface area contributed by atoms with Crippen LogP contribution >= 0.6 is 0 Å². The molecular formula is C28H34F2N4O6. The van der Waals surface area contributed by atoms with Gasteiger partial charge in [0.2, 0.25) is 5.91 Å². The van der Waals surface area contributed by atoms with Gasteiger partial charge in [-0.15, -0.1) is 0 Å². The van der Waals surface area contributed by atoms with Crippen LogP contribution in [-0.2, 0) is 22.6 Å². The van der Waals surface area contributed by atoms with Gasteiger partial charge in [-0.2, -0.15) is 0 Å². The molecule has 1 aromatic heterocycles. The molecule has 40 heavy (non-hydrogen) atoms. The van der Waals surface area contributed by atoms with Crippen LogP contribution in [0.3, 0.4) is 0 Å². The average molecular weight is 561 g/mol. The first-order valence-electron chi connectivity index (χ1n) is 12.8. The Kier molecular flexibility index (Phi) is 9.91. The molecule has 0 bridgehead atoms. The number of imidazole rings is 1. The summed E-state index contributed by atoms with van der Waals surface area (Å²) in [6.45, 7) is 2.16. The highest BCUT2D eigenvalue weighted by Crippen LogP contribution is 2.29. The van der Waals surface area contributed by atoms with Crippen LogP contribution in [0.25, 0.3) is 0 Å². The van der Waals surface area contributed by atoms with Gasteiger partial charge >= 0.3 is 0 Å². The Morgan fingerprint density at radius 1 is 1.05 bits per heavy atom. The highest BCUT2D eigenvalue weighted by Gasteiger charge is 2.37. The first kappa shape index (κ1) is 29.2. The fourth-order valence-electron chi connectivity index (χ4n) is 4.55. The number of β-amino-alcohol motifs (C(OH)–C–C–N with tert-alkyl or cyclic N) is 1. The monoisotopic (exact) mass is 560 g/mol. The van der Waals surface area contributed by atoms with E-state index in [1.807, 2.05) is 33.9 Å². The van der Waals surface area contributed by atoms with Crippen LogP contribution in [0.5, 0.6) is 17.2 Å². The number of carbonyl (C=O) groups is 1. The fraction of sp³-hybridized carbons (Fsp3) is 0.429. The van der Waals surface area contributed by atoms with E-state index >= 15 is 0 Å². The van der Waals surface area contributed by atoms with Crippen molar-refractivity contribution in [3.8, 4) is 17.2 Å². The number of nitrogens with zero attached hydrogens (tertiary/aromatic N) is 4. The largest absolute Gasteiger partial charge is 0.493 e. The van der Waals surface area contributed by atoms with Gasteiger partial charge in [-0.05, 0) is 29.8 Å². The van der Waals surface area contributed by atoms with E-state index in [2.05, 4.69) is 4.98 Å². The van der Waals surface area contributed by atoms with E-state index < -0.39 is 17.2 Å². The Labute approximate surface area is 231 Å². The minimum Gasteiger partial charge on any atom is -0.493 e. The van der Waals surface area contributed by atoms with Crippen molar-refractivity contribution in [2.24, 2.45) is 0 Å². The second-order valence-electron chi connectivity index (χ2n) is 9.68. The Balaban J connectivity index is 1.45. The molecule has 3 aromatic rings. The summed E-state index contributed by atoms with van der Waals surface area (Å²) in [6, 6.07) is 8.81. The molecule has 1 aliphatic heterocycles. The topological polar surface area (TPSA) is 98.5 Å². The summed E-state index contributed by atoms with van der Waals surface area (Å²) in [4.78, 5) is 20.2. The molecule has 4 rings (SSSR count). The van der Waals surface area contributed by atoms with Crippen LogP contribution < -0.4 is 14.2 Å². The van der Waals surface area contributed by atoms with Crippen molar-refractivity contribution in [1.82, 2.24) is 19.4 Å². The molecule has 216 valence electrons. The van der Waals surface area contributed by atoms with Gasteiger partial charge in [0.05, 0.1) is 26.5 Å². The molecule has 10 nitrogen and oxygen atoms in total. The van der Waals surface area contributed by atoms with E-state index in [0.717, 1.165) is 17.7 Å². The molecule has 12 heteroatoms. The van der Waals surface area contributed by atoms with Crippen molar-refractivity contribution in [1.29, 1.82) is 0 Å². The number of amides is 1. The molecule has 0 aliphatic carbocycles. The molecule has 2 aromatic carbocycles. The first-order valence-corrected chi connectivity index (χ1v) is 12.8. The molecule has 1 atom stereocenters. The molecule has 1 unspecified atom stereocenters. The summed E-state index contributed by atoms with van der Waals surface area (Å²) in [5.41, 5.74) is -0.579. The van der Waals surface area contributed by atoms with Gasteiger partial charge in [-0.25, -0.2) is 13.8 Å². The van der Waals surface area contributed by atoms with Crippen LogP contribution in [0, 0.1) is 11.6 Å². The number of aliphatic hydroxyl groups is 1. The molecule has 0 saturated carbocycles. The Morgan fingerprint density at radius 3 is 2.62 bits per heavy atom. The number of benzene rings is 2. The summed E-state index contributed by atoms with van der Waals surface area (Å²) >= 11 is 0. The highest BCUT2D eigenvalue weighted by atomic mass is 19.2. The summed E-state index contributed by atoms with van der Waals surface area (Å²) in [7, 11) is 3.00. The second kappa shape index (κ2) is 13.6. The van der Waals surface area contributed by atoms with Crippen LogP contribution in [0.1, 0.15) is 5.56 Å². The van der Waals surface area contributed by atoms with E-state index in [9.17, 15) is 18.7 Å². The molecule has 0 spiro atoms. The SMILES string of the molecule is COCC(=O)N1CCN(Cc2ccc(OCCn3ccnc3)c(OC)c2)CC(O)(COc2ccc(F)c(F)c2)C1. The standard InChI is InChI=1S/C28H34F2N4O6/c1-37-16-27(35)34-10-9-33(17-28(36,18-34)19-40-22-4-5-23(29)24(30)14-22)15-21-3-6-25(26(13-21)38-2)39-12-11-32-8-7-31-20-32/h3-8,13-14,20,36H,9-12,15-19H2,1-2H3. The van der Waals surface area contributed by atoms with Crippen molar-refractivity contribution in [2.75, 3.05) is 60.2 Å². The van der Waals surface area contributed by atoms with Crippen molar-refractivity contribution >= 4 is 5.91 Å². The third kappa shape index (κ3) is 7.90. The number of hydrogen-bond donors (Lipinski definition) is 1. The van der Waals surface area contributed by atoms with Crippen molar-refractivity contribution in [3.05, 3.63) is 72.3 Å². The quantitative estimate of drug-likeness (QED) is 0.361. The van der Waals surface area contributed by atoms with Crippen LogP contribution in [-0.4, -0.2) is 96.2 Å². The predicted molar refractivity (Wildman–Crippen MR) is 141 cm³/mol. The third-order valence-electron chi connectivity index (χ3n) is 6.51. The van der Waals surface area contributed by atoms with Gasteiger partial charge in [0.25, 0.3) is 0 Å². The highest BCUT2D eigenvalue weighted by molar-refractivity contribution is 5.77. The van der Waals surface area contributed by atoms with E-state index in [1.165, 1.54) is 18.1 Å². The number of rotatable bonds is 12. The zero-order valence-electron chi connectivity index (χ0n) is 22.6. The minimum absolute atomic E-state index is 0.0115. The van der Waals surface area contributed by atoms with Crippen molar-refractivity contribution in [3.63, 3.8) is 0 Å². The Morgan fingerprint density at radius 2 is 1.90 bits per heavy atom. The number of hydrogen-bond acceptors (Lipinski definition) is 8. The van der Waals surface area contributed by atoms with E-state index in [1.54, 1.807) is 19.6 Å². The molecular weight excluding hydrogens is 526 g/mol. The van der Waals surface area contributed by atoms with Crippen molar-refractivity contribution < 1.29 is 37.6 Å². The van der Waals surface area contributed by atoms with Gasteiger partial charge in [-0.3, -0.25) is 9.69 Å². The van der Waals surface area contributed by atoms with Crippen LogP contribution in [0.4, 0.5) is 8.78 Å². The van der Waals surface area contributed by atoms with Crippen molar-refractivity contribution in [2.45, 2.75) is 18.7 Å². The van der Waals surface area contributed by atoms with Gasteiger partial charge in [0.15, 0.2) is 23.1 Å². The summed E-state index contributed by atoms with van der Waals surface area (Å²) < 4.78 is 51.0. The summed E-state index contributed by atoms with van der Waals surface area (Å²) in [5, 5.41) is 11.6. The third-order valence-corrected chi connectivity index (χ3v) is 6.51. The van der Waals surface area contributed by atoms with Gasteiger partial charge in [0.1, 0.15) is 31.2 Å². The maximum absolute atomic E-state index is 13.7. The van der Waals surface area contributed by atoms with E-state index in [0.29, 0.717) is 44.3 Å². The van der Waals surface area contributed by atoms with Gasteiger partial charge in [0, 0.05) is 51.7 Å². The molecule has 0 radical (unpaired) electrons. The normalized spacial score (nSPS) is 17.9. The fourth-order valence-corrected chi connectivity index (χ4v) is 4.55.